The Balaban J connectivity index is 1.76. The first kappa shape index (κ1) is 13.2. The molecule has 1 aromatic heterocycles. The molecule has 0 unspecified atom stereocenters. The second-order valence-electron chi connectivity index (χ2n) is 4.18. The highest BCUT2D eigenvalue weighted by molar-refractivity contribution is 8.00. The summed E-state index contributed by atoms with van der Waals surface area (Å²) in [6.45, 7) is 2.06. The van der Waals surface area contributed by atoms with Gasteiger partial charge < -0.3 is 15.7 Å². The lowest BCUT2D eigenvalue weighted by Crippen LogP contribution is -2.30. The minimum Gasteiger partial charge on any atom is -0.504 e. The average Bonchev–Trinajstić information content (AvgIpc) is 2.40. The van der Waals surface area contributed by atoms with Gasteiger partial charge in [-0.25, -0.2) is 4.98 Å². The Labute approximate surface area is 110 Å². The van der Waals surface area contributed by atoms with E-state index in [1.54, 1.807) is 17.8 Å². The predicted octanol–water partition coefficient (Wildman–Crippen LogP) is 1.21. The molecule has 2 rings (SSSR count). The van der Waals surface area contributed by atoms with Gasteiger partial charge in [-0.05, 0) is 38.1 Å². The van der Waals surface area contributed by atoms with Crippen LogP contribution >= 0.6 is 11.8 Å². The summed E-state index contributed by atoms with van der Waals surface area (Å²) in [5.74, 6) is 0.513. The van der Waals surface area contributed by atoms with Gasteiger partial charge in [-0.1, -0.05) is 0 Å². The Morgan fingerprint density at radius 2 is 2.33 bits per heavy atom. The molecule has 0 radical (unpaired) electrons. The summed E-state index contributed by atoms with van der Waals surface area (Å²) in [6, 6.07) is 3.12. The Bertz CT molecular complexity index is 408. The third kappa shape index (κ3) is 3.89. The van der Waals surface area contributed by atoms with Crippen molar-refractivity contribution in [2.45, 2.75) is 18.1 Å². The van der Waals surface area contributed by atoms with Crippen molar-refractivity contribution in [3.05, 3.63) is 18.3 Å². The molecule has 1 amide bonds. The molecule has 6 heteroatoms. The predicted molar refractivity (Wildman–Crippen MR) is 72.9 cm³/mol. The number of hydrogen-bond acceptors (Lipinski definition) is 5. The largest absolute Gasteiger partial charge is 0.504 e. The fourth-order valence-corrected chi connectivity index (χ4v) is 2.85. The number of hydrogen-bond donors (Lipinski definition) is 3. The van der Waals surface area contributed by atoms with Gasteiger partial charge >= 0.3 is 0 Å². The molecule has 0 spiro atoms. The molecule has 0 atom stereocenters. The van der Waals surface area contributed by atoms with E-state index in [2.05, 4.69) is 15.6 Å². The van der Waals surface area contributed by atoms with Crippen LogP contribution in [0, 0.1) is 0 Å². The smallest absolute Gasteiger partial charge is 0.235 e. The summed E-state index contributed by atoms with van der Waals surface area (Å²) in [5, 5.41) is 15.9. The lowest BCUT2D eigenvalue weighted by molar-refractivity contribution is -0.113. The molecule has 1 aromatic rings. The van der Waals surface area contributed by atoms with Crippen molar-refractivity contribution in [3.63, 3.8) is 0 Å². The van der Waals surface area contributed by atoms with Gasteiger partial charge in [-0.15, -0.1) is 11.8 Å². The normalized spacial score (nSPS) is 16.4. The maximum atomic E-state index is 11.7. The molecule has 0 aliphatic carbocycles. The SMILES string of the molecule is O=C(CSC1CCNCC1)Nc1ncccc1O. The summed E-state index contributed by atoms with van der Waals surface area (Å²) in [7, 11) is 0. The number of rotatable bonds is 4. The van der Waals surface area contributed by atoms with Crippen LogP contribution in [0.25, 0.3) is 0 Å². The standard InChI is InChI=1S/C12H17N3O2S/c16-10-2-1-5-14-12(10)15-11(17)8-18-9-3-6-13-7-4-9/h1-2,5,9,13,16H,3-4,6-8H2,(H,14,15,17). The molecule has 1 saturated heterocycles. The van der Waals surface area contributed by atoms with Gasteiger partial charge in [0.1, 0.15) is 0 Å². The second-order valence-corrected chi connectivity index (χ2v) is 5.47. The van der Waals surface area contributed by atoms with Crippen molar-refractivity contribution < 1.29 is 9.90 Å². The fourth-order valence-electron chi connectivity index (χ4n) is 1.82. The molecule has 1 fully saturated rings. The quantitative estimate of drug-likeness (QED) is 0.764. The van der Waals surface area contributed by atoms with Gasteiger partial charge in [0.05, 0.1) is 5.75 Å². The van der Waals surface area contributed by atoms with Crippen LogP contribution in [-0.2, 0) is 4.79 Å². The van der Waals surface area contributed by atoms with E-state index in [0.717, 1.165) is 25.9 Å². The van der Waals surface area contributed by atoms with E-state index in [4.69, 9.17) is 0 Å². The van der Waals surface area contributed by atoms with E-state index in [1.807, 2.05) is 0 Å². The number of carbonyl (C=O) groups excluding carboxylic acids is 1. The number of anilines is 1. The monoisotopic (exact) mass is 267 g/mol. The van der Waals surface area contributed by atoms with E-state index >= 15 is 0 Å². The van der Waals surface area contributed by atoms with Crippen LogP contribution in [0.4, 0.5) is 5.82 Å². The first-order chi connectivity index (χ1) is 8.75. The zero-order valence-corrected chi connectivity index (χ0v) is 10.9. The number of pyridine rings is 1. The third-order valence-electron chi connectivity index (χ3n) is 2.78. The van der Waals surface area contributed by atoms with E-state index in [1.165, 1.54) is 12.3 Å². The van der Waals surface area contributed by atoms with Crippen molar-refractivity contribution in [2.24, 2.45) is 0 Å². The summed E-state index contributed by atoms with van der Waals surface area (Å²) < 4.78 is 0. The summed E-state index contributed by atoms with van der Waals surface area (Å²) >= 11 is 1.67. The van der Waals surface area contributed by atoms with Crippen molar-refractivity contribution in [1.82, 2.24) is 10.3 Å². The second kappa shape index (κ2) is 6.61. The molecule has 0 aromatic carbocycles. The van der Waals surface area contributed by atoms with Gasteiger partial charge in [-0.3, -0.25) is 4.79 Å². The highest BCUT2D eigenvalue weighted by Gasteiger charge is 2.15. The lowest BCUT2D eigenvalue weighted by atomic mass is 10.2. The summed E-state index contributed by atoms with van der Waals surface area (Å²) in [5.41, 5.74) is 0. The number of aromatic hydroxyl groups is 1. The van der Waals surface area contributed by atoms with Crippen LogP contribution in [0.3, 0.4) is 0 Å². The first-order valence-electron chi connectivity index (χ1n) is 6.02. The summed E-state index contributed by atoms with van der Waals surface area (Å²) in [4.78, 5) is 15.6. The number of carbonyl (C=O) groups is 1. The third-order valence-corrected chi connectivity index (χ3v) is 4.15. The Kier molecular flexibility index (Phi) is 4.83. The average molecular weight is 267 g/mol. The van der Waals surface area contributed by atoms with Gasteiger partial charge in [0.25, 0.3) is 0 Å². The maximum absolute atomic E-state index is 11.7. The maximum Gasteiger partial charge on any atom is 0.235 e. The highest BCUT2D eigenvalue weighted by Crippen LogP contribution is 2.22. The molecule has 1 aliphatic rings. The minimum atomic E-state index is -0.118. The van der Waals surface area contributed by atoms with Crippen LogP contribution in [0.1, 0.15) is 12.8 Å². The molecule has 5 nitrogen and oxygen atoms in total. The summed E-state index contributed by atoms with van der Waals surface area (Å²) in [6.07, 6.45) is 3.74. The molecule has 0 bridgehead atoms. The van der Waals surface area contributed by atoms with E-state index < -0.39 is 0 Å². The Morgan fingerprint density at radius 1 is 1.56 bits per heavy atom. The van der Waals surface area contributed by atoms with Gasteiger partial charge in [0.15, 0.2) is 11.6 Å². The van der Waals surface area contributed by atoms with Crippen molar-refractivity contribution >= 4 is 23.5 Å². The van der Waals surface area contributed by atoms with E-state index in [0.29, 0.717) is 11.0 Å². The first-order valence-corrected chi connectivity index (χ1v) is 7.07. The topological polar surface area (TPSA) is 74.2 Å². The molecule has 0 saturated carbocycles. The van der Waals surface area contributed by atoms with Crippen LogP contribution in [0.5, 0.6) is 5.75 Å². The number of piperidine rings is 1. The highest BCUT2D eigenvalue weighted by atomic mass is 32.2. The lowest BCUT2D eigenvalue weighted by Gasteiger charge is -2.21. The Hall–Kier alpha value is -1.27. The Morgan fingerprint density at radius 3 is 3.06 bits per heavy atom. The number of nitrogens with zero attached hydrogens (tertiary/aromatic N) is 1. The molecule has 3 N–H and O–H groups in total. The zero-order valence-electron chi connectivity index (χ0n) is 10.1. The fraction of sp³-hybridized carbons (Fsp3) is 0.500. The molecule has 18 heavy (non-hydrogen) atoms. The van der Waals surface area contributed by atoms with Crippen molar-refractivity contribution in [2.75, 3.05) is 24.2 Å². The van der Waals surface area contributed by atoms with Gasteiger partial charge in [0, 0.05) is 11.4 Å². The van der Waals surface area contributed by atoms with Crippen LogP contribution in [-0.4, -0.2) is 40.1 Å². The number of amides is 1. The van der Waals surface area contributed by atoms with Crippen LogP contribution < -0.4 is 10.6 Å². The van der Waals surface area contributed by atoms with Crippen LogP contribution in [0.15, 0.2) is 18.3 Å². The number of aromatic nitrogens is 1. The molecular weight excluding hydrogens is 250 g/mol. The number of thioether (sulfide) groups is 1. The molecule has 98 valence electrons. The van der Waals surface area contributed by atoms with Crippen molar-refractivity contribution in [1.29, 1.82) is 0 Å². The minimum absolute atomic E-state index is 0.00211. The molecule has 1 aliphatic heterocycles. The van der Waals surface area contributed by atoms with Crippen molar-refractivity contribution in [3.8, 4) is 5.75 Å². The number of nitrogens with one attached hydrogen (secondary N) is 2. The zero-order chi connectivity index (χ0) is 12.8. The van der Waals surface area contributed by atoms with Gasteiger partial charge in [0.2, 0.25) is 5.91 Å². The van der Waals surface area contributed by atoms with E-state index in [-0.39, 0.29) is 17.5 Å². The van der Waals surface area contributed by atoms with E-state index in [9.17, 15) is 9.90 Å². The van der Waals surface area contributed by atoms with Crippen LogP contribution in [0.2, 0.25) is 0 Å². The molecular formula is C12H17N3O2S. The van der Waals surface area contributed by atoms with Gasteiger partial charge in [-0.2, -0.15) is 0 Å². The molecule has 2 heterocycles.